The van der Waals surface area contributed by atoms with Gasteiger partial charge in [-0.2, -0.15) is 0 Å². The third-order valence-corrected chi connectivity index (χ3v) is 8.55. The standard InChI is InChI=1S/C27H36Cl2N4O4S/c1-27(2,17-34)16-33(13-9-23(30)36,12-8-18-3-5-20(28)21(29)15-18)14-11-31-10-7-19-4-6-22(35)24-25(19)38-26(37)32-24/h3-6,15,31,34H,7-14,16-17H2,1-2H3,(H3-,30,32,35,36,37)/p+1. The molecule has 1 unspecified atom stereocenters. The number of rotatable bonds is 15. The number of phenols is 1. The maximum absolute atomic E-state index is 11.8. The highest BCUT2D eigenvalue weighted by Crippen LogP contribution is 2.28. The number of aliphatic hydroxyl groups is 1. The molecule has 0 saturated heterocycles. The van der Waals surface area contributed by atoms with Gasteiger partial charge >= 0.3 is 4.87 Å². The van der Waals surface area contributed by atoms with E-state index < -0.39 is 0 Å². The van der Waals surface area contributed by atoms with Crippen LogP contribution in [0.3, 0.4) is 0 Å². The molecule has 0 bridgehead atoms. The molecule has 6 N–H and O–H groups in total. The van der Waals surface area contributed by atoms with Crippen molar-refractivity contribution < 1.29 is 19.5 Å². The van der Waals surface area contributed by atoms with Crippen molar-refractivity contribution in [1.82, 2.24) is 10.3 Å². The Hall–Kier alpha value is -2.14. The fourth-order valence-corrected chi connectivity index (χ4v) is 6.09. The van der Waals surface area contributed by atoms with Gasteiger partial charge in [0.2, 0.25) is 5.91 Å². The van der Waals surface area contributed by atoms with Gasteiger partial charge in [-0.3, -0.25) is 9.59 Å². The molecule has 3 rings (SSSR count). The van der Waals surface area contributed by atoms with Crippen LogP contribution in [-0.4, -0.2) is 71.5 Å². The number of carbonyl (C=O) groups is 1. The molecule has 0 saturated carbocycles. The summed E-state index contributed by atoms with van der Waals surface area (Å²) in [5, 5.41) is 24.6. The Bertz CT molecular complexity index is 1310. The van der Waals surface area contributed by atoms with Gasteiger partial charge < -0.3 is 30.7 Å². The van der Waals surface area contributed by atoms with E-state index in [1.165, 1.54) is 0 Å². The fourth-order valence-electron chi connectivity index (χ4n) is 4.87. The Morgan fingerprint density at radius 3 is 2.55 bits per heavy atom. The van der Waals surface area contributed by atoms with Gasteiger partial charge in [0.1, 0.15) is 11.3 Å². The van der Waals surface area contributed by atoms with Crippen LogP contribution in [0.2, 0.25) is 10.0 Å². The summed E-state index contributed by atoms with van der Waals surface area (Å²) in [7, 11) is 0. The van der Waals surface area contributed by atoms with Gasteiger partial charge in [-0.1, -0.05) is 60.5 Å². The van der Waals surface area contributed by atoms with Gasteiger partial charge in [-0.25, -0.2) is 0 Å². The number of hydrogen-bond acceptors (Lipinski definition) is 6. The summed E-state index contributed by atoms with van der Waals surface area (Å²) >= 11 is 13.4. The zero-order chi connectivity index (χ0) is 27.9. The zero-order valence-electron chi connectivity index (χ0n) is 21.9. The van der Waals surface area contributed by atoms with Crippen molar-refractivity contribution in [2.24, 2.45) is 11.1 Å². The lowest BCUT2D eigenvalue weighted by atomic mass is 9.92. The lowest BCUT2D eigenvalue weighted by Crippen LogP contribution is -2.58. The van der Waals surface area contributed by atoms with Gasteiger partial charge in [-0.15, -0.1) is 0 Å². The number of nitrogens with one attached hydrogen (secondary N) is 2. The van der Waals surface area contributed by atoms with Crippen LogP contribution in [0.1, 0.15) is 31.4 Å². The molecule has 38 heavy (non-hydrogen) atoms. The molecule has 2 aromatic carbocycles. The maximum Gasteiger partial charge on any atom is 0.305 e. The maximum atomic E-state index is 11.8. The Kier molecular flexibility index (Phi) is 10.6. The number of carbonyl (C=O) groups excluding carboxylic acids is 1. The number of phenolic OH excluding ortho intramolecular Hbond substituents is 1. The molecule has 0 aliphatic rings. The predicted octanol–water partition coefficient (Wildman–Crippen LogP) is 3.69. The van der Waals surface area contributed by atoms with E-state index in [0.29, 0.717) is 52.6 Å². The van der Waals surface area contributed by atoms with Crippen molar-refractivity contribution in [3.8, 4) is 5.75 Å². The summed E-state index contributed by atoms with van der Waals surface area (Å²) in [5.41, 5.74) is 7.73. The smallest absolute Gasteiger partial charge is 0.305 e. The van der Waals surface area contributed by atoms with Crippen LogP contribution in [0.4, 0.5) is 0 Å². The molecule has 3 aromatic rings. The normalized spacial score (nSPS) is 13.6. The van der Waals surface area contributed by atoms with E-state index in [9.17, 15) is 19.8 Å². The molecule has 0 aliphatic heterocycles. The minimum absolute atomic E-state index is 0.0279. The van der Waals surface area contributed by atoms with Crippen molar-refractivity contribution in [2.45, 2.75) is 33.1 Å². The summed E-state index contributed by atoms with van der Waals surface area (Å²) in [6.07, 6.45) is 1.67. The topological polar surface area (TPSA) is 128 Å². The average Bonchev–Trinajstić information content (AvgIpc) is 3.27. The number of aromatic amines is 1. The van der Waals surface area contributed by atoms with E-state index in [1.807, 2.05) is 32.0 Å². The number of aromatic nitrogens is 1. The summed E-state index contributed by atoms with van der Waals surface area (Å²) in [4.78, 5) is 26.1. The molecule has 0 fully saturated rings. The van der Waals surface area contributed by atoms with Crippen LogP contribution in [0.5, 0.6) is 5.75 Å². The van der Waals surface area contributed by atoms with Crippen LogP contribution in [0.15, 0.2) is 35.1 Å². The number of thiazole rings is 1. The highest BCUT2D eigenvalue weighted by atomic mass is 35.5. The van der Waals surface area contributed by atoms with Crippen molar-refractivity contribution in [1.29, 1.82) is 0 Å². The second kappa shape index (κ2) is 13.3. The first-order chi connectivity index (χ1) is 17.9. The van der Waals surface area contributed by atoms with Crippen LogP contribution < -0.4 is 15.9 Å². The summed E-state index contributed by atoms with van der Waals surface area (Å²) in [6.45, 7) is 8.16. The average molecular weight is 585 g/mol. The number of aromatic hydroxyl groups is 1. The number of nitrogens with zero attached hydrogens (tertiary/aromatic N) is 1. The number of nitrogens with two attached hydrogens (primary N) is 1. The monoisotopic (exact) mass is 583 g/mol. The van der Waals surface area contributed by atoms with E-state index in [-0.39, 0.29) is 35.0 Å². The Balaban J connectivity index is 1.71. The molecule has 8 nitrogen and oxygen atoms in total. The molecule has 0 radical (unpaired) electrons. The molecule has 0 aliphatic carbocycles. The van der Waals surface area contributed by atoms with Gasteiger partial charge in [0, 0.05) is 18.4 Å². The molecule has 208 valence electrons. The second-order valence-electron chi connectivity index (χ2n) is 10.7. The number of halogens is 2. The summed E-state index contributed by atoms with van der Waals surface area (Å²) in [5.74, 6) is -0.279. The quantitative estimate of drug-likeness (QED) is 0.138. The lowest BCUT2D eigenvalue weighted by Gasteiger charge is -2.43. The van der Waals surface area contributed by atoms with E-state index >= 15 is 0 Å². The molecule has 11 heteroatoms. The van der Waals surface area contributed by atoms with E-state index in [0.717, 1.165) is 46.7 Å². The van der Waals surface area contributed by atoms with E-state index in [2.05, 4.69) is 10.3 Å². The minimum atomic E-state index is -0.349. The van der Waals surface area contributed by atoms with Gasteiger partial charge in [-0.05, 0) is 42.3 Å². The third kappa shape index (κ3) is 8.43. The summed E-state index contributed by atoms with van der Waals surface area (Å²) < 4.78 is 1.38. The van der Waals surface area contributed by atoms with Crippen molar-refractivity contribution in [3.63, 3.8) is 0 Å². The number of primary amides is 1. The molecular formula is C27H37Cl2N4O4S+. The number of quaternary nitrogens is 1. The van der Waals surface area contributed by atoms with Gasteiger partial charge in [0.05, 0.1) is 54.0 Å². The fraction of sp³-hybridized carbons (Fsp3) is 0.481. The number of amides is 1. The lowest BCUT2D eigenvalue weighted by molar-refractivity contribution is -0.932. The van der Waals surface area contributed by atoms with E-state index in [4.69, 9.17) is 28.9 Å². The first kappa shape index (κ1) is 30.4. The Labute approximate surface area is 237 Å². The zero-order valence-corrected chi connectivity index (χ0v) is 24.2. The first-order valence-electron chi connectivity index (χ1n) is 12.7. The Morgan fingerprint density at radius 2 is 1.87 bits per heavy atom. The van der Waals surface area contributed by atoms with Crippen molar-refractivity contribution in [2.75, 3.05) is 45.9 Å². The largest absolute Gasteiger partial charge is 0.506 e. The number of fused-ring (bicyclic) bond motifs is 1. The summed E-state index contributed by atoms with van der Waals surface area (Å²) in [6, 6.07) is 9.07. The first-order valence-corrected chi connectivity index (χ1v) is 14.2. The molecule has 1 heterocycles. The number of hydrogen-bond donors (Lipinski definition) is 5. The number of H-pyrrole nitrogens is 1. The van der Waals surface area contributed by atoms with Crippen molar-refractivity contribution in [3.05, 3.63) is 61.2 Å². The molecular weight excluding hydrogens is 547 g/mol. The van der Waals surface area contributed by atoms with Gasteiger partial charge in [0.15, 0.2) is 0 Å². The Morgan fingerprint density at radius 1 is 1.11 bits per heavy atom. The van der Waals surface area contributed by atoms with E-state index in [1.54, 1.807) is 12.1 Å². The third-order valence-electron chi connectivity index (χ3n) is 6.86. The minimum Gasteiger partial charge on any atom is -0.506 e. The SMILES string of the molecule is CC(C)(CO)C[N+](CCNCCc1ccc(O)c2[nH]c(=O)sc12)(CCC(N)=O)CCc1ccc(Cl)c(Cl)c1. The van der Waals surface area contributed by atoms with Crippen LogP contribution in [-0.2, 0) is 17.6 Å². The number of benzene rings is 2. The molecule has 1 atom stereocenters. The molecule has 0 spiro atoms. The second-order valence-corrected chi connectivity index (χ2v) is 12.5. The van der Waals surface area contributed by atoms with Crippen LogP contribution in [0, 0.1) is 5.41 Å². The number of aliphatic hydroxyl groups excluding tert-OH is 1. The van der Waals surface area contributed by atoms with Gasteiger partial charge in [0.25, 0.3) is 0 Å². The van der Waals surface area contributed by atoms with Crippen molar-refractivity contribution >= 4 is 50.7 Å². The van der Waals surface area contributed by atoms with Crippen LogP contribution in [0.25, 0.3) is 10.2 Å². The predicted molar refractivity (Wildman–Crippen MR) is 155 cm³/mol. The molecule has 1 amide bonds. The molecule has 1 aromatic heterocycles. The highest BCUT2D eigenvalue weighted by Gasteiger charge is 2.35. The van der Waals surface area contributed by atoms with Crippen LogP contribution >= 0.6 is 34.5 Å². The highest BCUT2D eigenvalue weighted by molar-refractivity contribution is 7.16.